The van der Waals surface area contributed by atoms with Gasteiger partial charge in [0.15, 0.2) is 5.78 Å². The second-order valence-corrected chi connectivity index (χ2v) is 2.76. The lowest BCUT2D eigenvalue weighted by Gasteiger charge is -2.10. The maximum atomic E-state index is 11.1. The van der Waals surface area contributed by atoms with Crippen LogP contribution in [0.3, 0.4) is 0 Å². The Morgan fingerprint density at radius 1 is 1.46 bits per heavy atom. The number of rotatable bonds is 6. The largest absolute Gasteiger partial charge is 0.354 e. The Bertz CT molecular complexity index is 182. The fourth-order valence-corrected chi connectivity index (χ4v) is 0.768. The smallest absolute Gasteiger partial charge is 0.219 e. The highest BCUT2D eigenvalue weighted by Gasteiger charge is 2.12. The van der Waals surface area contributed by atoms with Gasteiger partial charge < -0.3 is 16.4 Å². The second-order valence-electron chi connectivity index (χ2n) is 2.76. The standard InChI is InChI=1S/C8H17N3O2/c1-3-8(13)11-4-6(9)7(12)5-10-2/h6,10H,3-5,9H2,1-2H3,(H,11,13). The number of hydrogen-bond acceptors (Lipinski definition) is 4. The number of carbonyl (C=O) groups is 2. The number of nitrogens with one attached hydrogen (secondary N) is 2. The van der Waals surface area contributed by atoms with Crippen LogP contribution >= 0.6 is 0 Å². The van der Waals surface area contributed by atoms with Crippen molar-refractivity contribution in [3.63, 3.8) is 0 Å². The molecule has 0 saturated heterocycles. The molecule has 4 N–H and O–H groups in total. The molecular formula is C8H17N3O2. The molecule has 0 bridgehead atoms. The minimum absolute atomic E-state index is 0.0901. The highest BCUT2D eigenvalue weighted by atomic mass is 16.1. The van der Waals surface area contributed by atoms with Crippen LogP contribution in [-0.4, -0.2) is 37.9 Å². The SMILES string of the molecule is CCC(=O)NCC(N)C(=O)CNC. The Labute approximate surface area is 78.1 Å². The van der Waals surface area contributed by atoms with Crippen molar-refractivity contribution in [2.45, 2.75) is 19.4 Å². The maximum absolute atomic E-state index is 11.1. The first-order chi connectivity index (χ1) is 6.11. The highest BCUT2D eigenvalue weighted by Crippen LogP contribution is 1.81. The maximum Gasteiger partial charge on any atom is 0.219 e. The van der Waals surface area contributed by atoms with Gasteiger partial charge in [0.25, 0.3) is 0 Å². The van der Waals surface area contributed by atoms with Crippen LogP contribution in [0.4, 0.5) is 0 Å². The highest BCUT2D eigenvalue weighted by molar-refractivity contribution is 5.86. The molecule has 0 aromatic heterocycles. The molecule has 1 amide bonds. The topological polar surface area (TPSA) is 84.2 Å². The number of amides is 1. The van der Waals surface area contributed by atoms with Crippen molar-refractivity contribution in [3.05, 3.63) is 0 Å². The van der Waals surface area contributed by atoms with Gasteiger partial charge in [0, 0.05) is 13.0 Å². The van der Waals surface area contributed by atoms with Gasteiger partial charge in [-0.2, -0.15) is 0 Å². The Kier molecular flexibility index (Phi) is 6.09. The van der Waals surface area contributed by atoms with Crippen molar-refractivity contribution >= 4 is 11.7 Å². The van der Waals surface area contributed by atoms with Gasteiger partial charge in [0.05, 0.1) is 12.6 Å². The molecule has 5 nitrogen and oxygen atoms in total. The van der Waals surface area contributed by atoms with Crippen LogP contribution in [0.2, 0.25) is 0 Å². The van der Waals surface area contributed by atoms with Crippen molar-refractivity contribution < 1.29 is 9.59 Å². The average Bonchev–Trinajstić information content (AvgIpc) is 2.13. The summed E-state index contributed by atoms with van der Waals surface area (Å²) in [5, 5.41) is 5.27. The van der Waals surface area contributed by atoms with Gasteiger partial charge in [-0.15, -0.1) is 0 Å². The van der Waals surface area contributed by atoms with E-state index >= 15 is 0 Å². The molecule has 0 spiro atoms. The molecule has 0 aliphatic heterocycles. The molecule has 0 saturated carbocycles. The van der Waals surface area contributed by atoms with E-state index in [2.05, 4.69) is 10.6 Å². The van der Waals surface area contributed by atoms with E-state index in [0.29, 0.717) is 6.42 Å². The molecule has 0 aromatic rings. The number of likely N-dealkylation sites (N-methyl/N-ethyl adjacent to an activating group) is 1. The van der Waals surface area contributed by atoms with Crippen LogP contribution in [0.1, 0.15) is 13.3 Å². The predicted molar refractivity (Wildman–Crippen MR) is 50.2 cm³/mol. The normalized spacial score (nSPS) is 12.2. The summed E-state index contributed by atoms with van der Waals surface area (Å²) < 4.78 is 0. The summed E-state index contributed by atoms with van der Waals surface area (Å²) in [5.41, 5.74) is 5.50. The van der Waals surface area contributed by atoms with Crippen LogP contribution in [0, 0.1) is 0 Å². The van der Waals surface area contributed by atoms with E-state index in [4.69, 9.17) is 5.73 Å². The molecule has 5 heteroatoms. The van der Waals surface area contributed by atoms with E-state index in [9.17, 15) is 9.59 Å². The summed E-state index contributed by atoms with van der Waals surface area (Å²) in [6, 6.07) is -0.608. The molecule has 0 heterocycles. The van der Waals surface area contributed by atoms with Gasteiger partial charge >= 0.3 is 0 Å². The molecule has 0 aromatic carbocycles. The Morgan fingerprint density at radius 2 is 2.08 bits per heavy atom. The summed E-state index contributed by atoms with van der Waals surface area (Å²) in [6.45, 7) is 2.20. The fourth-order valence-electron chi connectivity index (χ4n) is 0.768. The first-order valence-electron chi connectivity index (χ1n) is 4.31. The molecule has 0 radical (unpaired) electrons. The van der Waals surface area contributed by atoms with Crippen molar-refractivity contribution in [3.8, 4) is 0 Å². The second kappa shape index (κ2) is 6.56. The van der Waals surface area contributed by atoms with Crippen LogP contribution in [0.5, 0.6) is 0 Å². The number of hydrogen-bond donors (Lipinski definition) is 3. The summed E-state index contributed by atoms with van der Waals surface area (Å²) in [4.78, 5) is 21.9. The van der Waals surface area contributed by atoms with Crippen molar-refractivity contribution in [2.75, 3.05) is 20.1 Å². The molecule has 76 valence electrons. The fraction of sp³-hybridized carbons (Fsp3) is 0.750. The minimum Gasteiger partial charge on any atom is -0.354 e. The van der Waals surface area contributed by atoms with Gasteiger partial charge in [-0.05, 0) is 7.05 Å². The quantitative estimate of drug-likeness (QED) is 0.479. The summed E-state index contributed by atoms with van der Waals surface area (Å²) in [6.07, 6.45) is 0.410. The number of nitrogens with two attached hydrogens (primary N) is 1. The van der Waals surface area contributed by atoms with Gasteiger partial charge in [-0.3, -0.25) is 9.59 Å². The van der Waals surface area contributed by atoms with E-state index in [1.807, 2.05) is 0 Å². The Hall–Kier alpha value is -0.940. The lowest BCUT2D eigenvalue weighted by molar-refractivity contribution is -0.121. The molecule has 1 unspecified atom stereocenters. The van der Waals surface area contributed by atoms with E-state index in [1.54, 1.807) is 14.0 Å². The first-order valence-corrected chi connectivity index (χ1v) is 4.31. The third kappa shape index (κ3) is 5.32. The molecule has 0 fully saturated rings. The van der Waals surface area contributed by atoms with E-state index in [1.165, 1.54) is 0 Å². The molecular weight excluding hydrogens is 170 g/mol. The monoisotopic (exact) mass is 187 g/mol. The predicted octanol–water partition coefficient (Wildman–Crippen LogP) is -1.37. The lowest BCUT2D eigenvalue weighted by atomic mass is 10.2. The van der Waals surface area contributed by atoms with E-state index < -0.39 is 6.04 Å². The number of ketones is 1. The number of carbonyl (C=O) groups excluding carboxylic acids is 2. The molecule has 0 aliphatic rings. The Balaban J connectivity index is 3.67. The van der Waals surface area contributed by atoms with Gasteiger partial charge in [0.2, 0.25) is 5.91 Å². The lowest BCUT2D eigenvalue weighted by Crippen LogP contribution is -2.45. The van der Waals surface area contributed by atoms with Crippen LogP contribution in [0.15, 0.2) is 0 Å². The zero-order chi connectivity index (χ0) is 10.3. The third-order valence-electron chi connectivity index (χ3n) is 1.60. The zero-order valence-corrected chi connectivity index (χ0v) is 8.09. The van der Waals surface area contributed by atoms with Crippen molar-refractivity contribution in [1.82, 2.24) is 10.6 Å². The van der Waals surface area contributed by atoms with Crippen LogP contribution in [0.25, 0.3) is 0 Å². The molecule has 0 aliphatic carbocycles. The third-order valence-corrected chi connectivity index (χ3v) is 1.60. The van der Waals surface area contributed by atoms with Crippen LogP contribution in [-0.2, 0) is 9.59 Å². The van der Waals surface area contributed by atoms with Gasteiger partial charge in [-0.25, -0.2) is 0 Å². The van der Waals surface area contributed by atoms with Crippen molar-refractivity contribution in [2.24, 2.45) is 5.73 Å². The van der Waals surface area contributed by atoms with E-state index in [0.717, 1.165) is 0 Å². The number of Topliss-reactive ketones (excluding diaryl/α,β-unsaturated/α-hetero) is 1. The molecule has 1 atom stereocenters. The average molecular weight is 187 g/mol. The van der Waals surface area contributed by atoms with Gasteiger partial charge in [-0.1, -0.05) is 6.92 Å². The molecule has 13 heavy (non-hydrogen) atoms. The minimum atomic E-state index is -0.608. The Morgan fingerprint density at radius 3 is 2.54 bits per heavy atom. The summed E-state index contributed by atoms with van der Waals surface area (Å²) >= 11 is 0. The van der Waals surface area contributed by atoms with Crippen molar-refractivity contribution in [1.29, 1.82) is 0 Å². The summed E-state index contributed by atoms with van der Waals surface area (Å²) in [5.74, 6) is -0.188. The zero-order valence-electron chi connectivity index (χ0n) is 8.09. The summed E-state index contributed by atoms with van der Waals surface area (Å²) in [7, 11) is 1.68. The molecule has 0 rings (SSSR count). The van der Waals surface area contributed by atoms with Crippen LogP contribution < -0.4 is 16.4 Å². The first kappa shape index (κ1) is 12.1. The van der Waals surface area contributed by atoms with E-state index in [-0.39, 0.29) is 24.8 Å². The van der Waals surface area contributed by atoms with Gasteiger partial charge in [0.1, 0.15) is 0 Å².